The van der Waals surface area contributed by atoms with Gasteiger partial charge in [0.1, 0.15) is 24.2 Å². The van der Waals surface area contributed by atoms with E-state index in [1.807, 2.05) is 37.3 Å². The predicted molar refractivity (Wildman–Crippen MR) is 101 cm³/mol. The van der Waals surface area contributed by atoms with Crippen LogP contribution in [-0.2, 0) is 4.74 Å². The summed E-state index contributed by atoms with van der Waals surface area (Å²) in [5.74, 6) is 0.617. The average Bonchev–Trinajstić information content (AvgIpc) is 2.66. The molecule has 0 spiro atoms. The van der Waals surface area contributed by atoms with Crippen LogP contribution in [0, 0.1) is 0 Å². The summed E-state index contributed by atoms with van der Waals surface area (Å²) in [4.78, 5) is 12.7. The number of rotatable bonds is 8. The van der Waals surface area contributed by atoms with Gasteiger partial charge in [-0.2, -0.15) is 0 Å². The summed E-state index contributed by atoms with van der Waals surface area (Å²) in [6, 6.07) is 14.6. The maximum Gasteiger partial charge on any atom is 0.200 e. The molecule has 1 heterocycles. The van der Waals surface area contributed by atoms with Crippen molar-refractivity contribution in [2.24, 2.45) is 0 Å². The Morgan fingerprint density at radius 1 is 1.12 bits per heavy atom. The summed E-state index contributed by atoms with van der Waals surface area (Å²) in [6.45, 7) is 2.83. The van der Waals surface area contributed by atoms with Gasteiger partial charge in [-0.25, -0.2) is 0 Å². The van der Waals surface area contributed by atoms with Crippen molar-refractivity contribution >= 4 is 11.0 Å². The lowest BCUT2D eigenvalue weighted by molar-refractivity contribution is 0.0304. The third-order valence-electron chi connectivity index (χ3n) is 4.12. The summed E-state index contributed by atoms with van der Waals surface area (Å²) in [5, 5.41) is 9.36. The van der Waals surface area contributed by atoms with E-state index in [1.165, 1.54) is 6.26 Å². The number of fused-ring (bicyclic) bond motifs is 1. The molecular weight excluding hydrogens is 332 g/mol. The molecule has 136 valence electrons. The molecule has 0 saturated carbocycles. The molecule has 3 aromatic rings. The fourth-order valence-corrected chi connectivity index (χ4v) is 2.69. The molecule has 26 heavy (non-hydrogen) atoms. The zero-order valence-corrected chi connectivity index (χ0v) is 14.7. The van der Waals surface area contributed by atoms with Crippen LogP contribution in [0.5, 0.6) is 5.75 Å². The second-order valence-corrected chi connectivity index (χ2v) is 6.04. The largest absolute Gasteiger partial charge is 0.491 e. The standard InChI is InChI=1S/C21H22O5/c1-15(9-10-22)24-11-12-25-17-7-8-18-20(13-17)26-14-19(21(18)23)16-5-3-2-4-6-16/h2-8,13-15,22H,9-12H2,1H3. The highest BCUT2D eigenvalue weighted by Gasteiger charge is 2.10. The highest BCUT2D eigenvalue weighted by molar-refractivity contribution is 5.82. The van der Waals surface area contributed by atoms with Crippen molar-refractivity contribution < 1.29 is 19.0 Å². The summed E-state index contributed by atoms with van der Waals surface area (Å²) < 4.78 is 16.8. The van der Waals surface area contributed by atoms with Crippen LogP contribution in [-0.4, -0.2) is 31.0 Å². The Hall–Kier alpha value is -2.63. The molecule has 0 aliphatic rings. The molecule has 0 bridgehead atoms. The zero-order chi connectivity index (χ0) is 18.4. The second-order valence-electron chi connectivity index (χ2n) is 6.04. The first-order valence-electron chi connectivity index (χ1n) is 8.65. The third-order valence-corrected chi connectivity index (χ3v) is 4.12. The van der Waals surface area contributed by atoms with Crippen LogP contribution in [0.1, 0.15) is 13.3 Å². The summed E-state index contributed by atoms with van der Waals surface area (Å²) >= 11 is 0. The highest BCUT2D eigenvalue weighted by atomic mass is 16.5. The van der Waals surface area contributed by atoms with Crippen LogP contribution in [0.15, 0.2) is 64.0 Å². The zero-order valence-electron chi connectivity index (χ0n) is 14.7. The Kier molecular flexibility index (Phi) is 6.04. The topological polar surface area (TPSA) is 68.9 Å². The Morgan fingerprint density at radius 2 is 1.92 bits per heavy atom. The first-order valence-corrected chi connectivity index (χ1v) is 8.65. The molecule has 5 heteroatoms. The Morgan fingerprint density at radius 3 is 2.69 bits per heavy atom. The van der Waals surface area contributed by atoms with Crippen molar-refractivity contribution in [1.29, 1.82) is 0 Å². The molecule has 3 rings (SSSR count). The number of hydrogen-bond acceptors (Lipinski definition) is 5. The van der Waals surface area contributed by atoms with E-state index in [0.717, 1.165) is 5.56 Å². The fourth-order valence-electron chi connectivity index (χ4n) is 2.69. The molecule has 1 aromatic heterocycles. The van der Waals surface area contributed by atoms with Crippen LogP contribution in [0.25, 0.3) is 22.1 Å². The lowest BCUT2D eigenvalue weighted by Crippen LogP contribution is -2.15. The number of hydrogen-bond donors (Lipinski definition) is 1. The number of aliphatic hydroxyl groups excluding tert-OH is 1. The normalized spacial score (nSPS) is 12.2. The monoisotopic (exact) mass is 354 g/mol. The van der Waals surface area contributed by atoms with Gasteiger partial charge in [0.2, 0.25) is 0 Å². The number of ether oxygens (including phenoxy) is 2. The minimum absolute atomic E-state index is 0.00497. The maximum atomic E-state index is 12.7. The average molecular weight is 354 g/mol. The molecule has 0 aliphatic heterocycles. The van der Waals surface area contributed by atoms with Gasteiger partial charge in [0.15, 0.2) is 5.43 Å². The quantitative estimate of drug-likeness (QED) is 0.626. The van der Waals surface area contributed by atoms with Gasteiger partial charge < -0.3 is 19.0 Å². The van der Waals surface area contributed by atoms with E-state index < -0.39 is 0 Å². The van der Waals surface area contributed by atoms with E-state index in [0.29, 0.717) is 41.9 Å². The molecule has 2 aromatic carbocycles. The third kappa shape index (κ3) is 4.31. The minimum Gasteiger partial charge on any atom is -0.491 e. The summed E-state index contributed by atoms with van der Waals surface area (Å²) in [7, 11) is 0. The van der Waals surface area contributed by atoms with Crippen molar-refractivity contribution in [2.45, 2.75) is 19.4 Å². The summed E-state index contributed by atoms with van der Waals surface area (Å²) in [5.41, 5.74) is 1.79. The number of aliphatic hydroxyl groups is 1. The SMILES string of the molecule is CC(CCO)OCCOc1ccc2c(=O)c(-c3ccccc3)coc2c1. The van der Waals surface area contributed by atoms with Gasteiger partial charge in [0, 0.05) is 12.7 Å². The van der Waals surface area contributed by atoms with Crippen LogP contribution in [0.3, 0.4) is 0 Å². The molecule has 5 nitrogen and oxygen atoms in total. The van der Waals surface area contributed by atoms with Gasteiger partial charge in [0.05, 0.1) is 23.7 Å². The Balaban J connectivity index is 1.71. The lowest BCUT2D eigenvalue weighted by atomic mass is 10.1. The summed E-state index contributed by atoms with van der Waals surface area (Å²) in [6.07, 6.45) is 2.09. The molecule has 0 aliphatic carbocycles. The maximum absolute atomic E-state index is 12.7. The van der Waals surface area contributed by atoms with Gasteiger partial charge in [-0.3, -0.25) is 4.79 Å². The Bertz CT molecular complexity index is 901. The molecule has 1 unspecified atom stereocenters. The van der Waals surface area contributed by atoms with Crippen molar-refractivity contribution in [3.05, 3.63) is 65.0 Å². The molecule has 0 radical (unpaired) electrons. The van der Waals surface area contributed by atoms with Gasteiger partial charge in [-0.05, 0) is 31.0 Å². The van der Waals surface area contributed by atoms with Crippen LogP contribution >= 0.6 is 0 Å². The van der Waals surface area contributed by atoms with E-state index in [4.69, 9.17) is 19.0 Å². The first-order chi connectivity index (χ1) is 12.7. The Labute approximate surface area is 151 Å². The fraction of sp³-hybridized carbons (Fsp3) is 0.286. The van der Waals surface area contributed by atoms with Crippen LogP contribution in [0.4, 0.5) is 0 Å². The van der Waals surface area contributed by atoms with E-state index in [2.05, 4.69) is 0 Å². The molecule has 0 amide bonds. The number of benzene rings is 2. The predicted octanol–water partition coefficient (Wildman–Crippen LogP) is 3.63. The van der Waals surface area contributed by atoms with E-state index in [-0.39, 0.29) is 18.1 Å². The lowest BCUT2D eigenvalue weighted by Gasteiger charge is -2.12. The molecule has 1 atom stereocenters. The first kappa shape index (κ1) is 18.2. The van der Waals surface area contributed by atoms with Crippen LogP contribution < -0.4 is 10.2 Å². The van der Waals surface area contributed by atoms with Crippen molar-refractivity contribution in [2.75, 3.05) is 19.8 Å². The van der Waals surface area contributed by atoms with Crippen LogP contribution in [0.2, 0.25) is 0 Å². The molecule has 1 N–H and O–H groups in total. The van der Waals surface area contributed by atoms with E-state index in [9.17, 15) is 4.79 Å². The smallest absolute Gasteiger partial charge is 0.200 e. The van der Waals surface area contributed by atoms with Gasteiger partial charge in [0.25, 0.3) is 0 Å². The van der Waals surface area contributed by atoms with Crippen molar-refractivity contribution in [1.82, 2.24) is 0 Å². The van der Waals surface area contributed by atoms with E-state index >= 15 is 0 Å². The molecular formula is C21H22O5. The highest BCUT2D eigenvalue weighted by Crippen LogP contribution is 2.23. The minimum atomic E-state index is -0.0647. The van der Waals surface area contributed by atoms with Crippen molar-refractivity contribution in [3.8, 4) is 16.9 Å². The van der Waals surface area contributed by atoms with Crippen molar-refractivity contribution in [3.63, 3.8) is 0 Å². The van der Waals surface area contributed by atoms with Gasteiger partial charge in [-0.15, -0.1) is 0 Å². The van der Waals surface area contributed by atoms with Gasteiger partial charge in [-0.1, -0.05) is 30.3 Å². The molecule has 0 saturated heterocycles. The van der Waals surface area contributed by atoms with Gasteiger partial charge >= 0.3 is 0 Å². The van der Waals surface area contributed by atoms with E-state index in [1.54, 1.807) is 18.2 Å². The molecule has 0 fully saturated rings. The second kappa shape index (κ2) is 8.65.